The lowest BCUT2D eigenvalue weighted by Gasteiger charge is -2.24. The molecule has 1 saturated heterocycles. The van der Waals surface area contributed by atoms with Gasteiger partial charge in [-0.1, -0.05) is 29.8 Å². The van der Waals surface area contributed by atoms with Gasteiger partial charge in [-0.05, 0) is 29.8 Å². The van der Waals surface area contributed by atoms with Crippen LogP contribution in [0.1, 0.15) is 10.9 Å². The van der Waals surface area contributed by atoms with Gasteiger partial charge in [-0.15, -0.1) is 11.8 Å². The highest BCUT2D eigenvalue weighted by molar-refractivity contribution is 7.99. The summed E-state index contributed by atoms with van der Waals surface area (Å²) in [4.78, 5) is 14.3. The topological polar surface area (TPSA) is 41.6 Å². The second-order valence-corrected chi connectivity index (χ2v) is 6.93. The maximum atomic E-state index is 12.6. The summed E-state index contributed by atoms with van der Waals surface area (Å²) in [6, 6.07) is 13.0. The predicted octanol–water partition coefficient (Wildman–Crippen LogP) is 5.22. The Hall–Kier alpha value is -1.99. The molecule has 0 saturated carbocycles. The first kappa shape index (κ1) is 17.8. The zero-order valence-corrected chi connectivity index (χ0v) is 14.6. The monoisotopic (exact) mass is 384 g/mol. The first-order valence-corrected chi connectivity index (χ1v) is 8.95. The van der Waals surface area contributed by atoms with Crippen LogP contribution in [0, 0.1) is 0 Å². The van der Waals surface area contributed by atoms with Gasteiger partial charge in [-0.3, -0.25) is 0 Å². The van der Waals surface area contributed by atoms with Crippen LogP contribution in [0.4, 0.5) is 19.3 Å². The van der Waals surface area contributed by atoms with Crippen LogP contribution in [0.2, 0.25) is 5.02 Å². The van der Waals surface area contributed by atoms with E-state index in [0.717, 1.165) is 11.3 Å². The van der Waals surface area contributed by atoms with Crippen molar-refractivity contribution in [3.8, 4) is 5.75 Å². The standard InChI is InChI=1S/C17H15ClF2N2O2S/c18-12-6-4-11(5-7-12)15-22(8-9-25-15)17(23)21-13-2-1-3-14(10-13)24-16(19)20/h1-7,10,15-16H,8-9H2,(H,21,23). The van der Waals surface area contributed by atoms with Gasteiger partial charge in [0, 0.05) is 29.1 Å². The molecule has 0 bridgehead atoms. The Morgan fingerprint density at radius 3 is 2.76 bits per heavy atom. The highest BCUT2D eigenvalue weighted by atomic mass is 35.5. The molecule has 1 N–H and O–H groups in total. The van der Waals surface area contributed by atoms with E-state index in [1.165, 1.54) is 12.1 Å². The Morgan fingerprint density at radius 1 is 1.28 bits per heavy atom. The second kappa shape index (κ2) is 7.93. The van der Waals surface area contributed by atoms with Crippen LogP contribution in [0.5, 0.6) is 5.75 Å². The van der Waals surface area contributed by atoms with Gasteiger partial charge < -0.3 is 15.0 Å². The van der Waals surface area contributed by atoms with E-state index in [1.807, 2.05) is 12.1 Å². The number of alkyl halides is 2. The number of nitrogens with zero attached hydrogens (tertiary/aromatic N) is 1. The number of ether oxygens (including phenoxy) is 1. The fourth-order valence-electron chi connectivity index (χ4n) is 2.53. The summed E-state index contributed by atoms with van der Waals surface area (Å²) in [5.74, 6) is 0.813. The third kappa shape index (κ3) is 4.55. The lowest BCUT2D eigenvalue weighted by atomic mass is 10.2. The van der Waals surface area contributed by atoms with Crippen molar-refractivity contribution in [2.75, 3.05) is 17.6 Å². The van der Waals surface area contributed by atoms with Crippen LogP contribution < -0.4 is 10.1 Å². The number of halogens is 3. The number of urea groups is 1. The van der Waals surface area contributed by atoms with Gasteiger partial charge in [-0.2, -0.15) is 8.78 Å². The zero-order chi connectivity index (χ0) is 17.8. The van der Waals surface area contributed by atoms with Crippen molar-refractivity contribution in [3.05, 3.63) is 59.1 Å². The van der Waals surface area contributed by atoms with Crippen LogP contribution in [-0.2, 0) is 0 Å². The Bertz CT molecular complexity index is 746. The van der Waals surface area contributed by atoms with E-state index in [-0.39, 0.29) is 17.2 Å². The molecule has 1 atom stereocenters. The molecule has 2 aromatic rings. The molecule has 1 unspecified atom stereocenters. The van der Waals surface area contributed by atoms with Crippen molar-refractivity contribution in [1.82, 2.24) is 4.90 Å². The Morgan fingerprint density at radius 2 is 2.04 bits per heavy atom. The molecule has 0 aromatic heterocycles. The minimum Gasteiger partial charge on any atom is -0.435 e. The molecule has 8 heteroatoms. The SMILES string of the molecule is O=C(Nc1cccc(OC(F)F)c1)N1CCSC1c1ccc(Cl)cc1. The van der Waals surface area contributed by atoms with E-state index >= 15 is 0 Å². The highest BCUT2D eigenvalue weighted by Crippen LogP contribution is 2.38. The number of anilines is 1. The maximum absolute atomic E-state index is 12.6. The van der Waals surface area contributed by atoms with E-state index < -0.39 is 6.61 Å². The molecule has 1 aliphatic rings. The molecule has 1 fully saturated rings. The molecule has 3 rings (SSSR count). The molecular formula is C17H15ClF2N2O2S. The van der Waals surface area contributed by atoms with Crippen LogP contribution in [0.25, 0.3) is 0 Å². The Balaban J connectivity index is 1.71. The van der Waals surface area contributed by atoms with Gasteiger partial charge in [0.25, 0.3) is 0 Å². The van der Waals surface area contributed by atoms with Crippen LogP contribution in [-0.4, -0.2) is 29.8 Å². The predicted molar refractivity (Wildman–Crippen MR) is 95.4 cm³/mol. The first-order chi connectivity index (χ1) is 12.0. The summed E-state index contributed by atoms with van der Waals surface area (Å²) in [5, 5.41) is 3.26. The smallest absolute Gasteiger partial charge is 0.387 e. The van der Waals surface area contributed by atoms with Gasteiger partial charge in [0.05, 0.1) is 0 Å². The van der Waals surface area contributed by atoms with E-state index in [0.29, 0.717) is 17.3 Å². The molecule has 2 aromatic carbocycles. The normalized spacial score (nSPS) is 17.0. The van der Waals surface area contributed by atoms with Crippen molar-refractivity contribution < 1.29 is 18.3 Å². The molecule has 0 spiro atoms. The van der Waals surface area contributed by atoms with E-state index in [2.05, 4.69) is 10.1 Å². The van der Waals surface area contributed by atoms with Gasteiger partial charge in [0.15, 0.2) is 0 Å². The number of amides is 2. The molecule has 2 amide bonds. The van der Waals surface area contributed by atoms with Gasteiger partial charge in [-0.25, -0.2) is 4.79 Å². The third-order valence-corrected chi connectivity index (χ3v) is 5.13. The van der Waals surface area contributed by atoms with Crippen molar-refractivity contribution >= 4 is 35.1 Å². The Kier molecular flexibility index (Phi) is 5.65. The van der Waals surface area contributed by atoms with E-state index in [9.17, 15) is 13.6 Å². The van der Waals surface area contributed by atoms with Crippen LogP contribution in [0.15, 0.2) is 48.5 Å². The van der Waals surface area contributed by atoms with Crippen LogP contribution >= 0.6 is 23.4 Å². The molecule has 25 heavy (non-hydrogen) atoms. The summed E-state index contributed by atoms with van der Waals surface area (Å²) in [7, 11) is 0. The molecule has 1 heterocycles. The number of nitrogens with one attached hydrogen (secondary N) is 1. The van der Waals surface area contributed by atoms with Crippen molar-refractivity contribution in [2.24, 2.45) is 0 Å². The molecule has 0 aliphatic carbocycles. The minimum absolute atomic E-state index is 0.00199. The first-order valence-electron chi connectivity index (χ1n) is 7.52. The summed E-state index contributed by atoms with van der Waals surface area (Å²) >= 11 is 7.57. The molecule has 0 radical (unpaired) electrons. The fraction of sp³-hybridized carbons (Fsp3) is 0.235. The number of thioether (sulfide) groups is 1. The number of hydrogen-bond donors (Lipinski definition) is 1. The lowest BCUT2D eigenvalue weighted by molar-refractivity contribution is -0.0497. The lowest BCUT2D eigenvalue weighted by Crippen LogP contribution is -2.34. The third-order valence-electron chi connectivity index (χ3n) is 3.62. The second-order valence-electron chi connectivity index (χ2n) is 5.30. The summed E-state index contributed by atoms with van der Waals surface area (Å²) in [6.07, 6.45) is 0. The summed E-state index contributed by atoms with van der Waals surface area (Å²) in [5.41, 5.74) is 1.38. The number of carbonyl (C=O) groups excluding carboxylic acids is 1. The quantitative estimate of drug-likeness (QED) is 0.785. The summed E-state index contributed by atoms with van der Waals surface area (Å²) in [6.45, 7) is -2.31. The molecular weight excluding hydrogens is 370 g/mol. The number of rotatable bonds is 4. The van der Waals surface area contributed by atoms with Gasteiger partial charge >= 0.3 is 12.6 Å². The number of benzene rings is 2. The average Bonchev–Trinajstić information content (AvgIpc) is 3.05. The van der Waals surface area contributed by atoms with Gasteiger partial charge in [0.2, 0.25) is 0 Å². The molecule has 4 nitrogen and oxygen atoms in total. The van der Waals surface area contributed by atoms with Crippen molar-refractivity contribution in [3.63, 3.8) is 0 Å². The Labute approximate surface area is 153 Å². The van der Waals surface area contributed by atoms with E-state index in [4.69, 9.17) is 11.6 Å². The summed E-state index contributed by atoms with van der Waals surface area (Å²) < 4.78 is 28.9. The number of hydrogen-bond acceptors (Lipinski definition) is 3. The van der Waals surface area contributed by atoms with Crippen LogP contribution in [0.3, 0.4) is 0 Å². The largest absolute Gasteiger partial charge is 0.435 e. The molecule has 1 aliphatic heterocycles. The maximum Gasteiger partial charge on any atom is 0.387 e. The van der Waals surface area contributed by atoms with Crippen molar-refractivity contribution in [2.45, 2.75) is 12.0 Å². The minimum atomic E-state index is -2.91. The van der Waals surface area contributed by atoms with Crippen molar-refractivity contribution in [1.29, 1.82) is 0 Å². The molecule has 132 valence electrons. The highest BCUT2D eigenvalue weighted by Gasteiger charge is 2.30. The zero-order valence-electron chi connectivity index (χ0n) is 13.0. The van der Waals surface area contributed by atoms with Gasteiger partial charge in [0.1, 0.15) is 11.1 Å². The average molecular weight is 385 g/mol. The van der Waals surface area contributed by atoms with E-state index in [1.54, 1.807) is 40.9 Å². The number of carbonyl (C=O) groups is 1. The fourth-order valence-corrected chi connectivity index (χ4v) is 3.91.